The van der Waals surface area contributed by atoms with Crippen LogP contribution in [0.3, 0.4) is 0 Å². The Balaban J connectivity index is 2.40. The van der Waals surface area contributed by atoms with Gasteiger partial charge in [0, 0.05) is 11.6 Å². The largest absolute Gasteiger partial charge is 0.350 e. The van der Waals surface area contributed by atoms with E-state index in [-0.39, 0.29) is 11.9 Å². The molecule has 2 rings (SSSR count). The van der Waals surface area contributed by atoms with Crippen LogP contribution < -0.4 is 5.32 Å². The van der Waals surface area contributed by atoms with Gasteiger partial charge in [0.05, 0.1) is 0 Å². The average molecular weight is 265 g/mol. The lowest BCUT2D eigenvalue weighted by atomic mass is 10.0. The fourth-order valence-electron chi connectivity index (χ4n) is 1.95. The zero-order valence-corrected chi connectivity index (χ0v) is 11.8. The minimum absolute atomic E-state index is 0.0462. The van der Waals surface area contributed by atoms with Gasteiger partial charge in [-0.15, -0.1) is 0 Å². The SMILES string of the molecule is CC(C)NC(=O)/C(=C/c1ccccc1)c1ccccc1. The third-order valence-electron chi connectivity index (χ3n) is 2.86. The molecule has 0 aliphatic heterocycles. The van der Waals surface area contributed by atoms with Gasteiger partial charge in [-0.2, -0.15) is 0 Å². The van der Waals surface area contributed by atoms with Crippen molar-refractivity contribution < 1.29 is 4.79 Å². The number of nitrogens with one attached hydrogen (secondary N) is 1. The zero-order valence-electron chi connectivity index (χ0n) is 11.8. The van der Waals surface area contributed by atoms with E-state index in [1.165, 1.54) is 0 Å². The molecular weight excluding hydrogens is 246 g/mol. The van der Waals surface area contributed by atoms with E-state index >= 15 is 0 Å². The van der Waals surface area contributed by atoms with Crippen LogP contribution in [0.5, 0.6) is 0 Å². The van der Waals surface area contributed by atoms with Crippen molar-refractivity contribution in [1.82, 2.24) is 5.32 Å². The first-order valence-electron chi connectivity index (χ1n) is 6.80. The minimum atomic E-state index is -0.0462. The van der Waals surface area contributed by atoms with E-state index in [1.54, 1.807) is 0 Å². The first-order valence-corrected chi connectivity index (χ1v) is 6.80. The molecule has 1 N–H and O–H groups in total. The number of benzene rings is 2. The highest BCUT2D eigenvalue weighted by molar-refractivity contribution is 6.24. The molecule has 0 unspecified atom stereocenters. The van der Waals surface area contributed by atoms with Gasteiger partial charge in [0.25, 0.3) is 5.91 Å². The van der Waals surface area contributed by atoms with E-state index in [4.69, 9.17) is 0 Å². The van der Waals surface area contributed by atoms with E-state index in [9.17, 15) is 4.79 Å². The second kappa shape index (κ2) is 6.71. The van der Waals surface area contributed by atoms with E-state index in [0.717, 1.165) is 11.1 Å². The van der Waals surface area contributed by atoms with Gasteiger partial charge >= 0.3 is 0 Å². The van der Waals surface area contributed by atoms with E-state index < -0.39 is 0 Å². The van der Waals surface area contributed by atoms with Crippen molar-refractivity contribution in [3.63, 3.8) is 0 Å². The summed E-state index contributed by atoms with van der Waals surface area (Å²) in [4.78, 5) is 12.4. The quantitative estimate of drug-likeness (QED) is 0.662. The maximum atomic E-state index is 12.4. The van der Waals surface area contributed by atoms with Crippen LogP contribution in [0.1, 0.15) is 25.0 Å². The van der Waals surface area contributed by atoms with E-state index in [1.807, 2.05) is 80.6 Å². The van der Waals surface area contributed by atoms with Gasteiger partial charge < -0.3 is 5.32 Å². The van der Waals surface area contributed by atoms with Crippen LogP contribution in [0.2, 0.25) is 0 Å². The van der Waals surface area contributed by atoms with Gasteiger partial charge in [0.2, 0.25) is 0 Å². The molecule has 0 saturated carbocycles. The first-order chi connectivity index (χ1) is 9.66. The summed E-state index contributed by atoms with van der Waals surface area (Å²) in [5.74, 6) is -0.0462. The lowest BCUT2D eigenvalue weighted by Crippen LogP contribution is -2.30. The zero-order chi connectivity index (χ0) is 14.4. The lowest BCUT2D eigenvalue weighted by molar-refractivity contribution is -0.116. The third-order valence-corrected chi connectivity index (χ3v) is 2.86. The Morgan fingerprint density at radius 3 is 2.05 bits per heavy atom. The third kappa shape index (κ3) is 3.82. The Morgan fingerprint density at radius 1 is 0.950 bits per heavy atom. The van der Waals surface area contributed by atoms with Crippen LogP contribution in [0.15, 0.2) is 60.7 Å². The monoisotopic (exact) mass is 265 g/mol. The number of amides is 1. The van der Waals surface area contributed by atoms with Crippen molar-refractivity contribution in [2.75, 3.05) is 0 Å². The van der Waals surface area contributed by atoms with Crippen molar-refractivity contribution in [1.29, 1.82) is 0 Å². The molecule has 102 valence electrons. The summed E-state index contributed by atoms with van der Waals surface area (Å²) in [7, 11) is 0. The molecule has 0 radical (unpaired) electrons. The Kier molecular flexibility index (Phi) is 4.72. The fraction of sp³-hybridized carbons (Fsp3) is 0.167. The molecule has 2 aromatic rings. The summed E-state index contributed by atoms with van der Waals surface area (Å²) in [5, 5.41) is 2.95. The fourth-order valence-corrected chi connectivity index (χ4v) is 1.95. The summed E-state index contributed by atoms with van der Waals surface area (Å²) < 4.78 is 0. The van der Waals surface area contributed by atoms with Gasteiger partial charge in [-0.1, -0.05) is 60.7 Å². The maximum absolute atomic E-state index is 12.4. The number of hydrogen-bond donors (Lipinski definition) is 1. The van der Waals surface area contributed by atoms with Crippen molar-refractivity contribution >= 4 is 17.6 Å². The smallest absolute Gasteiger partial charge is 0.252 e. The molecule has 0 aliphatic carbocycles. The topological polar surface area (TPSA) is 29.1 Å². The second-order valence-corrected chi connectivity index (χ2v) is 4.96. The van der Waals surface area contributed by atoms with Crippen LogP contribution in [0, 0.1) is 0 Å². The summed E-state index contributed by atoms with van der Waals surface area (Å²) in [6.45, 7) is 3.92. The Hall–Kier alpha value is -2.35. The summed E-state index contributed by atoms with van der Waals surface area (Å²) >= 11 is 0. The number of rotatable bonds is 4. The average Bonchev–Trinajstić information content (AvgIpc) is 2.46. The molecule has 0 saturated heterocycles. The van der Waals surface area contributed by atoms with Crippen molar-refractivity contribution in [2.45, 2.75) is 19.9 Å². The minimum Gasteiger partial charge on any atom is -0.350 e. The molecule has 2 heteroatoms. The standard InChI is InChI=1S/C18H19NO/c1-14(2)19-18(20)17(16-11-7-4-8-12-16)13-15-9-5-3-6-10-15/h3-14H,1-2H3,(H,19,20)/b17-13+. The molecule has 0 atom stereocenters. The Morgan fingerprint density at radius 2 is 1.50 bits per heavy atom. The van der Waals surface area contributed by atoms with Crippen molar-refractivity contribution in [3.8, 4) is 0 Å². The molecule has 0 bridgehead atoms. The van der Waals surface area contributed by atoms with Gasteiger partial charge in [-0.3, -0.25) is 4.79 Å². The Labute approximate surface area is 120 Å². The molecule has 0 heterocycles. The molecular formula is C18H19NO. The summed E-state index contributed by atoms with van der Waals surface area (Å²) in [6.07, 6.45) is 1.92. The van der Waals surface area contributed by atoms with Crippen LogP contribution in [-0.4, -0.2) is 11.9 Å². The molecule has 0 fully saturated rings. The molecule has 0 aromatic heterocycles. The highest BCUT2D eigenvalue weighted by Crippen LogP contribution is 2.18. The van der Waals surface area contributed by atoms with E-state index in [0.29, 0.717) is 5.57 Å². The predicted octanol–water partition coefficient (Wildman–Crippen LogP) is 3.75. The van der Waals surface area contributed by atoms with E-state index in [2.05, 4.69) is 5.32 Å². The molecule has 0 spiro atoms. The number of hydrogen-bond acceptors (Lipinski definition) is 1. The summed E-state index contributed by atoms with van der Waals surface area (Å²) in [5.41, 5.74) is 2.63. The molecule has 1 amide bonds. The first kappa shape index (κ1) is 14.1. The Bertz CT molecular complexity index is 585. The van der Waals surface area contributed by atoms with Crippen LogP contribution in [-0.2, 0) is 4.79 Å². The maximum Gasteiger partial charge on any atom is 0.252 e. The lowest BCUT2D eigenvalue weighted by Gasteiger charge is -2.12. The van der Waals surface area contributed by atoms with Crippen molar-refractivity contribution in [2.24, 2.45) is 0 Å². The predicted molar refractivity (Wildman–Crippen MR) is 84.0 cm³/mol. The number of carbonyl (C=O) groups excluding carboxylic acids is 1. The van der Waals surface area contributed by atoms with Crippen molar-refractivity contribution in [3.05, 3.63) is 71.8 Å². The highest BCUT2D eigenvalue weighted by atomic mass is 16.1. The molecule has 2 nitrogen and oxygen atoms in total. The summed E-state index contributed by atoms with van der Waals surface area (Å²) in [6, 6.07) is 19.7. The van der Waals surface area contributed by atoms with Gasteiger partial charge in [0.1, 0.15) is 0 Å². The molecule has 20 heavy (non-hydrogen) atoms. The number of carbonyl (C=O) groups is 1. The highest BCUT2D eigenvalue weighted by Gasteiger charge is 2.12. The second-order valence-electron chi connectivity index (χ2n) is 4.96. The molecule has 0 aliphatic rings. The van der Waals surface area contributed by atoms with Gasteiger partial charge in [-0.25, -0.2) is 0 Å². The van der Waals surface area contributed by atoms with Crippen LogP contribution in [0.25, 0.3) is 11.6 Å². The van der Waals surface area contributed by atoms with Gasteiger partial charge in [0.15, 0.2) is 0 Å². The van der Waals surface area contributed by atoms with Crippen LogP contribution in [0.4, 0.5) is 0 Å². The van der Waals surface area contributed by atoms with Crippen LogP contribution >= 0.6 is 0 Å². The van der Waals surface area contributed by atoms with Gasteiger partial charge in [-0.05, 0) is 31.1 Å². The normalized spacial score (nSPS) is 11.4. The molecule has 2 aromatic carbocycles.